The molecule has 3 aromatic rings. The van der Waals surface area contributed by atoms with Gasteiger partial charge in [0.15, 0.2) is 11.6 Å². The molecule has 39 heavy (non-hydrogen) atoms. The molecular formula is C30H35ClN6O2. The number of hydrogen-bond acceptors (Lipinski definition) is 6. The van der Waals surface area contributed by atoms with Crippen molar-refractivity contribution in [3.05, 3.63) is 70.9 Å². The Balaban J connectivity index is 1.17. The molecule has 1 aliphatic heterocycles. The number of para-hydroxylation sites is 1. The van der Waals surface area contributed by atoms with Crippen LogP contribution < -0.4 is 16.0 Å². The average molecular weight is 547 g/mol. The fourth-order valence-electron chi connectivity index (χ4n) is 5.44. The second-order valence-corrected chi connectivity index (χ2v) is 10.8. The fourth-order valence-corrected chi connectivity index (χ4v) is 5.58. The van der Waals surface area contributed by atoms with Crippen LogP contribution >= 0.6 is 11.6 Å². The minimum absolute atomic E-state index is 0.0462. The van der Waals surface area contributed by atoms with Gasteiger partial charge >= 0.3 is 6.03 Å². The molecule has 0 bridgehead atoms. The van der Waals surface area contributed by atoms with Gasteiger partial charge in [0.25, 0.3) is 0 Å². The summed E-state index contributed by atoms with van der Waals surface area (Å²) in [6, 6.07) is 16.0. The molecule has 0 atom stereocenters. The number of nitrogens with one attached hydrogen (secondary N) is 3. The molecule has 204 valence electrons. The molecule has 1 aromatic heterocycles. The van der Waals surface area contributed by atoms with Gasteiger partial charge in [-0.05, 0) is 68.4 Å². The van der Waals surface area contributed by atoms with Gasteiger partial charge in [0.05, 0.1) is 11.9 Å². The summed E-state index contributed by atoms with van der Waals surface area (Å²) in [6.45, 7) is 3.09. The largest absolute Gasteiger partial charge is 0.338 e. The van der Waals surface area contributed by atoms with E-state index in [0.717, 1.165) is 44.5 Å². The van der Waals surface area contributed by atoms with Crippen molar-refractivity contribution < 1.29 is 9.59 Å². The van der Waals surface area contributed by atoms with Crippen molar-refractivity contribution in [1.29, 1.82) is 0 Å². The van der Waals surface area contributed by atoms with E-state index >= 15 is 0 Å². The van der Waals surface area contributed by atoms with Crippen LogP contribution in [0.4, 0.5) is 27.9 Å². The molecule has 2 heterocycles. The smallest absolute Gasteiger partial charge is 0.317 e. The standard InChI is InChI=1S/C30H35ClN6O2/c1-20(38)25-9-5-6-10-27(25)35-28-26(31)19-32-29(36-28)33-24-13-11-21(12-14-24)22-15-17-37(18-16-22)30(39)34-23-7-3-2-4-8-23/h5-6,9-14,19,22-23H,2-4,7-8,15-18H2,1H3,(H,34,39)(H2,32,33,35,36). The van der Waals surface area contributed by atoms with Gasteiger partial charge in [-0.2, -0.15) is 4.98 Å². The SMILES string of the molecule is CC(=O)c1ccccc1Nc1nc(Nc2ccc(C3CCN(C(=O)NC4CCCCC4)CC3)cc2)ncc1Cl. The summed E-state index contributed by atoms with van der Waals surface area (Å²) in [5.41, 5.74) is 3.33. The first-order chi connectivity index (χ1) is 19.0. The molecule has 9 heteroatoms. The van der Waals surface area contributed by atoms with Crippen LogP contribution in [0.15, 0.2) is 54.7 Å². The average Bonchev–Trinajstić information content (AvgIpc) is 2.96. The number of nitrogens with zero attached hydrogens (tertiary/aromatic N) is 3. The third kappa shape index (κ3) is 6.87. The first-order valence-electron chi connectivity index (χ1n) is 13.8. The van der Waals surface area contributed by atoms with E-state index in [9.17, 15) is 9.59 Å². The number of aromatic nitrogens is 2. The maximum atomic E-state index is 12.7. The number of urea groups is 1. The quantitative estimate of drug-likeness (QED) is 0.275. The number of carbonyl (C=O) groups is 2. The number of ketones is 1. The highest BCUT2D eigenvalue weighted by atomic mass is 35.5. The van der Waals surface area contributed by atoms with E-state index in [0.29, 0.717) is 40.0 Å². The second kappa shape index (κ2) is 12.5. The maximum absolute atomic E-state index is 12.7. The molecule has 8 nitrogen and oxygen atoms in total. The lowest BCUT2D eigenvalue weighted by molar-refractivity contribution is 0.101. The molecule has 1 aliphatic carbocycles. The van der Waals surface area contributed by atoms with Crippen LogP contribution in [0.5, 0.6) is 0 Å². The summed E-state index contributed by atoms with van der Waals surface area (Å²) < 4.78 is 0. The molecule has 2 aliphatic rings. The number of hydrogen-bond donors (Lipinski definition) is 3. The molecule has 5 rings (SSSR count). The van der Waals surface area contributed by atoms with Crippen LogP contribution in [0.25, 0.3) is 0 Å². The molecule has 2 amide bonds. The Morgan fingerprint density at radius 2 is 1.64 bits per heavy atom. The Bertz CT molecular complexity index is 1300. The highest BCUT2D eigenvalue weighted by Crippen LogP contribution is 2.31. The van der Waals surface area contributed by atoms with Crippen LogP contribution in [0.3, 0.4) is 0 Å². The number of carbonyl (C=O) groups excluding carboxylic acids is 2. The normalized spacial score (nSPS) is 16.5. The highest BCUT2D eigenvalue weighted by molar-refractivity contribution is 6.33. The zero-order chi connectivity index (χ0) is 27.2. The van der Waals surface area contributed by atoms with Crippen LogP contribution in [0.2, 0.25) is 5.02 Å². The van der Waals surface area contributed by atoms with Gasteiger partial charge in [0.2, 0.25) is 5.95 Å². The van der Waals surface area contributed by atoms with E-state index in [1.165, 1.54) is 37.9 Å². The van der Waals surface area contributed by atoms with Crippen LogP contribution in [0.1, 0.15) is 73.7 Å². The lowest BCUT2D eigenvalue weighted by atomic mass is 9.89. The minimum atomic E-state index is -0.0462. The molecule has 0 spiro atoms. The Morgan fingerprint density at radius 1 is 0.923 bits per heavy atom. The third-order valence-corrected chi connectivity index (χ3v) is 7.93. The van der Waals surface area contributed by atoms with Crippen molar-refractivity contribution in [2.45, 2.75) is 63.8 Å². The Hall–Kier alpha value is -3.65. The predicted octanol–water partition coefficient (Wildman–Crippen LogP) is 7.04. The number of benzene rings is 2. The summed E-state index contributed by atoms with van der Waals surface area (Å²) in [7, 11) is 0. The van der Waals surface area contributed by atoms with E-state index < -0.39 is 0 Å². The van der Waals surface area contributed by atoms with Crippen LogP contribution in [0, 0.1) is 0 Å². The third-order valence-electron chi connectivity index (χ3n) is 7.66. The minimum Gasteiger partial charge on any atom is -0.338 e. The van der Waals surface area contributed by atoms with E-state index in [1.54, 1.807) is 6.07 Å². The second-order valence-electron chi connectivity index (χ2n) is 10.4. The van der Waals surface area contributed by atoms with Crippen molar-refractivity contribution in [3.63, 3.8) is 0 Å². The van der Waals surface area contributed by atoms with Crippen molar-refractivity contribution in [1.82, 2.24) is 20.2 Å². The van der Waals surface area contributed by atoms with Gasteiger partial charge in [-0.3, -0.25) is 4.79 Å². The number of amides is 2. The summed E-state index contributed by atoms with van der Waals surface area (Å²) in [5.74, 6) is 1.20. The van der Waals surface area contributed by atoms with Crippen molar-refractivity contribution in [3.8, 4) is 0 Å². The molecule has 3 N–H and O–H groups in total. The van der Waals surface area contributed by atoms with Crippen LogP contribution in [-0.2, 0) is 0 Å². The maximum Gasteiger partial charge on any atom is 0.317 e. The van der Waals surface area contributed by atoms with Gasteiger partial charge < -0.3 is 20.9 Å². The van der Waals surface area contributed by atoms with Crippen molar-refractivity contribution in [2.75, 3.05) is 23.7 Å². The number of anilines is 4. The van der Waals surface area contributed by atoms with E-state index in [4.69, 9.17) is 11.6 Å². The Morgan fingerprint density at radius 3 is 2.36 bits per heavy atom. The molecule has 2 aromatic carbocycles. The van der Waals surface area contributed by atoms with E-state index in [-0.39, 0.29) is 11.8 Å². The molecule has 2 fully saturated rings. The number of rotatable bonds is 7. The van der Waals surface area contributed by atoms with Gasteiger partial charge in [0.1, 0.15) is 5.02 Å². The predicted molar refractivity (Wildman–Crippen MR) is 155 cm³/mol. The Kier molecular flexibility index (Phi) is 8.61. The summed E-state index contributed by atoms with van der Waals surface area (Å²) in [5, 5.41) is 9.99. The molecule has 1 saturated heterocycles. The van der Waals surface area contributed by atoms with Crippen molar-refractivity contribution in [2.24, 2.45) is 0 Å². The summed E-state index contributed by atoms with van der Waals surface area (Å²) in [4.78, 5) is 35.5. The topological polar surface area (TPSA) is 99.3 Å². The van der Waals surface area contributed by atoms with Gasteiger partial charge in [-0.1, -0.05) is 55.1 Å². The number of halogens is 1. The summed E-state index contributed by atoms with van der Waals surface area (Å²) >= 11 is 6.34. The lowest BCUT2D eigenvalue weighted by Crippen LogP contribution is -2.48. The zero-order valence-corrected chi connectivity index (χ0v) is 23.0. The van der Waals surface area contributed by atoms with E-state index in [2.05, 4.69) is 38.1 Å². The Labute approximate surface area is 234 Å². The summed E-state index contributed by atoms with van der Waals surface area (Å²) in [6.07, 6.45) is 9.39. The van der Waals surface area contributed by atoms with Crippen molar-refractivity contribution >= 4 is 46.6 Å². The monoisotopic (exact) mass is 546 g/mol. The van der Waals surface area contributed by atoms with Gasteiger partial charge in [-0.25, -0.2) is 9.78 Å². The molecular weight excluding hydrogens is 512 g/mol. The fraction of sp³-hybridized carbons (Fsp3) is 0.400. The van der Waals surface area contributed by atoms with Gasteiger partial charge in [-0.15, -0.1) is 0 Å². The number of likely N-dealkylation sites (tertiary alicyclic amines) is 1. The van der Waals surface area contributed by atoms with Gasteiger partial charge in [0, 0.05) is 30.4 Å². The number of piperidine rings is 1. The highest BCUT2D eigenvalue weighted by Gasteiger charge is 2.25. The first kappa shape index (κ1) is 26.9. The molecule has 1 saturated carbocycles. The number of Topliss-reactive ketones (excluding diaryl/α,β-unsaturated/α-hetero) is 1. The zero-order valence-electron chi connectivity index (χ0n) is 22.3. The van der Waals surface area contributed by atoms with E-state index in [1.807, 2.05) is 35.2 Å². The first-order valence-corrected chi connectivity index (χ1v) is 14.2. The van der Waals surface area contributed by atoms with Crippen LogP contribution in [-0.4, -0.2) is 45.8 Å². The molecule has 0 radical (unpaired) electrons. The molecule has 0 unspecified atom stereocenters. The lowest BCUT2D eigenvalue weighted by Gasteiger charge is -2.34.